The number of hydrogen-bond acceptors (Lipinski definition) is 8. The first-order valence-corrected chi connectivity index (χ1v) is 18.9. The fourth-order valence-corrected chi connectivity index (χ4v) is 9.81. The second kappa shape index (κ2) is 11.5. The Morgan fingerprint density at radius 3 is 1.69 bits per heavy atom. The van der Waals surface area contributed by atoms with Crippen molar-refractivity contribution in [3.63, 3.8) is 0 Å². The van der Waals surface area contributed by atoms with E-state index in [1.807, 2.05) is 12.1 Å². The fraction of sp³-hybridized carbons (Fsp3) is 0.106. The second-order valence-corrected chi connectivity index (χ2v) is 14.8. The lowest BCUT2D eigenvalue weighted by atomic mass is 9.71. The molecule has 0 spiro atoms. The van der Waals surface area contributed by atoms with Crippen LogP contribution in [0.5, 0.6) is 0 Å². The maximum absolute atomic E-state index is 5.44. The van der Waals surface area contributed by atoms with E-state index in [-0.39, 0.29) is 24.2 Å². The summed E-state index contributed by atoms with van der Waals surface area (Å²) in [6, 6.07) is 52.0. The summed E-state index contributed by atoms with van der Waals surface area (Å²) in [6.07, 6.45) is 3.96. The van der Waals surface area contributed by atoms with Gasteiger partial charge in [0.1, 0.15) is 12.3 Å². The summed E-state index contributed by atoms with van der Waals surface area (Å²) in [6.45, 7) is 4.84. The van der Waals surface area contributed by atoms with Gasteiger partial charge >= 0.3 is 0 Å². The molecule has 0 bridgehead atoms. The maximum atomic E-state index is 5.44. The zero-order valence-corrected chi connectivity index (χ0v) is 29.8. The van der Waals surface area contributed by atoms with E-state index in [0.717, 1.165) is 85.4 Å². The van der Waals surface area contributed by atoms with Crippen molar-refractivity contribution in [1.82, 2.24) is 19.9 Å². The van der Waals surface area contributed by atoms with Crippen molar-refractivity contribution in [2.75, 3.05) is 19.6 Å². The Morgan fingerprint density at radius 2 is 1.00 bits per heavy atom. The van der Waals surface area contributed by atoms with E-state index in [0.29, 0.717) is 0 Å². The van der Waals surface area contributed by atoms with E-state index in [9.17, 15) is 0 Å². The van der Waals surface area contributed by atoms with Crippen LogP contribution in [0.3, 0.4) is 0 Å². The molecule has 4 aliphatic rings. The summed E-state index contributed by atoms with van der Waals surface area (Å²) in [7, 11) is 0. The van der Waals surface area contributed by atoms with Gasteiger partial charge in [-0.3, -0.25) is 9.97 Å². The number of allylic oxidation sites excluding steroid dienone is 1. The molecule has 0 aliphatic carbocycles. The summed E-state index contributed by atoms with van der Waals surface area (Å²) in [5, 5.41) is 0. The van der Waals surface area contributed by atoms with Gasteiger partial charge in [0.05, 0.1) is 39.1 Å². The van der Waals surface area contributed by atoms with Crippen molar-refractivity contribution >= 4 is 73.4 Å². The molecule has 0 amide bonds. The van der Waals surface area contributed by atoms with Crippen molar-refractivity contribution in [3.8, 4) is 0 Å². The molecule has 262 valence electrons. The van der Waals surface area contributed by atoms with Crippen LogP contribution in [0.1, 0.15) is 23.5 Å². The maximum Gasteiger partial charge on any atom is 0.179 e. The molecule has 55 heavy (non-hydrogen) atoms. The van der Waals surface area contributed by atoms with Crippen LogP contribution in [0.15, 0.2) is 165 Å². The lowest BCUT2D eigenvalue weighted by molar-refractivity contribution is 0.290. The smallest absolute Gasteiger partial charge is 0.179 e. The average molecular weight is 711 g/mol. The molecule has 0 radical (unpaired) electrons. The molecular weight excluding hydrogens is 677 g/mol. The van der Waals surface area contributed by atoms with Gasteiger partial charge < -0.3 is 19.6 Å². The molecule has 8 nitrogen and oxygen atoms in total. The Balaban J connectivity index is 1.21. The third kappa shape index (κ3) is 4.27. The van der Waals surface area contributed by atoms with Crippen LogP contribution < -0.4 is 19.6 Å². The van der Waals surface area contributed by atoms with Gasteiger partial charge in [-0.1, -0.05) is 91.5 Å². The molecule has 2 aromatic heterocycles. The van der Waals surface area contributed by atoms with Crippen molar-refractivity contribution in [3.05, 3.63) is 176 Å². The normalized spacial score (nSPS) is 20.5. The third-order valence-corrected chi connectivity index (χ3v) is 12.0. The highest BCUT2D eigenvalue weighted by atomic mass is 15.5. The standard InChI is InChI=1S/C47H34N8/c1-29-26-34-33-19-9-13-23-40(33)55-45-44(50-35-20-10-11-21-36(35)51-45)53(31-16-6-3-7-17-31)47(55)43(34)46-52(30-14-4-2-5-15-30)41-27-37-38(49-25-24-48-37)28-42(41)54(46)39-22-12-8-18-32(29)39/h2-25,27-28,34,43,46-47H,1,26H2. The highest BCUT2D eigenvalue weighted by Gasteiger charge is 2.59. The van der Waals surface area contributed by atoms with E-state index >= 15 is 0 Å². The summed E-state index contributed by atoms with van der Waals surface area (Å²) < 4.78 is 0. The van der Waals surface area contributed by atoms with Crippen LogP contribution in [0, 0.1) is 5.92 Å². The summed E-state index contributed by atoms with van der Waals surface area (Å²) >= 11 is 0. The van der Waals surface area contributed by atoms with Crippen LogP contribution in [0.4, 0.5) is 45.8 Å². The average Bonchev–Trinajstić information content (AvgIpc) is 3.74. The topological polar surface area (TPSA) is 64.5 Å². The number of para-hydroxylation sites is 6. The molecule has 0 saturated carbocycles. The second-order valence-electron chi connectivity index (χ2n) is 14.8. The minimum atomic E-state index is -0.203. The van der Waals surface area contributed by atoms with Gasteiger partial charge in [-0.2, -0.15) is 0 Å². The van der Waals surface area contributed by atoms with E-state index in [4.69, 9.17) is 26.5 Å². The summed E-state index contributed by atoms with van der Waals surface area (Å²) in [4.78, 5) is 30.6. The SMILES string of the molecule is C=C1CC2c3ccccc3N3c4nc5ccccc5nc4N(c4ccccc4)C3C2C2N(c3ccccc3)c3cc4nccnc4cc3N2c2ccccc21. The molecule has 6 aromatic carbocycles. The van der Waals surface area contributed by atoms with Crippen molar-refractivity contribution < 1.29 is 0 Å². The van der Waals surface area contributed by atoms with E-state index < -0.39 is 0 Å². The predicted octanol–water partition coefficient (Wildman–Crippen LogP) is 10.6. The van der Waals surface area contributed by atoms with Crippen molar-refractivity contribution in [2.24, 2.45) is 5.92 Å². The molecular formula is C47H34N8. The molecule has 6 heterocycles. The van der Waals surface area contributed by atoms with Gasteiger partial charge in [-0.15, -0.1) is 0 Å². The Morgan fingerprint density at radius 1 is 0.473 bits per heavy atom. The first-order chi connectivity index (χ1) is 27.2. The lowest BCUT2D eigenvalue weighted by Crippen LogP contribution is -2.60. The fourth-order valence-electron chi connectivity index (χ4n) is 9.81. The van der Waals surface area contributed by atoms with Crippen LogP contribution >= 0.6 is 0 Å². The Bertz CT molecular complexity index is 2840. The van der Waals surface area contributed by atoms with Crippen LogP contribution in [0.25, 0.3) is 27.6 Å². The van der Waals surface area contributed by atoms with E-state index in [1.165, 1.54) is 5.56 Å². The number of fused-ring (bicyclic) bond motifs is 16. The van der Waals surface area contributed by atoms with Crippen LogP contribution in [-0.2, 0) is 0 Å². The molecule has 4 aliphatic heterocycles. The number of aromatic nitrogens is 4. The zero-order chi connectivity index (χ0) is 36.2. The molecule has 8 heteroatoms. The predicted molar refractivity (Wildman–Crippen MR) is 221 cm³/mol. The number of benzene rings is 6. The van der Waals surface area contributed by atoms with Crippen molar-refractivity contribution in [1.29, 1.82) is 0 Å². The number of rotatable bonds is 2. The minimum Gasteiger partial charge on any atom is -0.318 e. The summed E-state index contributed by atoms with van der Waals surface area (Å²) in [5.41, 5.74) is 13.7. The van der Waals surface area contributed by atoms with Gasteiger partial charge in [-0.05, 0) is 78.2 Å². The Kier molecular flexibility index (Phi) is 6.34. The Labute approximate surface area is 318 Å². The summed E-state index contributed by atoms with van der Waals surface area (Å²) in [5.74, 6) is 1.76. The molecule has 0 N–H and O–H groups in total. The van der Waals surface area contributed by atoms with Gasteiger partial charge in [0.25, 0.3) is 0 Å². The van der Waals surface area contributed by atoms with Gasteiger partial charge in [-0.25, -0.2) is 9.97 Å². The number of nitrogens with zero attached hydrogens (tertiary/aromatic N) is 8. The number of anilines is 8. The highest BCUT2D eigenvalue weighted by molar-refractivity contribution is 5.99. The molecule has 12 rings (SSSR count). The molecule has 4 atom stereocenters. The molecule has 0 saturated heterocycles. The highest BCUT2D eigenvalue weighted by Crippen LogP contribution is 2.63. The Hall–Kier alpha value is -7.06. The largest absolute Gasteiger partial charge is 0.318 e. The quantitative estimate of drug-likeness (QED) is 0.176. The monoisotopic (exact) mass is 710 g/mol. The number of hydrogen-bond donors (Lipinski definition) is 0. The van der Waals surface area contributed by atoms with Crippen LogP contribution in [0.2, 0.25) is 0 Å². The van der Waals surface area contributed by atoms with Crippen LogP contribution in [-0.4, -0.2) is 32.3 Å². The van der Waals surface area contributed by atoms with Crippen molar-refractivity contribution in [2.45, 2.75) is 24.7 Å². The first-order valence-electron chi connectivity index (χ1n) is 18.9. The molecule has 0 fully saturated rings. The van der Waals surface area contributed by atoms with E-state index in [2.05, 4.69) is 153 Å². The third-order valence-electron chi connectivity index (χ3n) is 12.0. The molecule has 8 aromatic rings. The van der Waals surface area contributed by atoms with Gasteiger partial charge in [0, 0.05) is 46.9 Å². The zero-order valence-electron chi connectivity index (χ0n) is 29.8. The lowest BCUT2D eigenvalue weighted by Gasteiger charge is -2.53. The molecule has 4 unspecified atom stereocenters. The van der Waals surface area contributed by atoms with E-state index in [1.54, 1.807) is 12.4 Å². The van der Waals surface area contributed by atoms with Gasteiger partial charge in [0.15, 0.2) is 11.6 Å². The minimum absolute atomic E-state index is 0.0454. The first kappa shape index (κ1) is 30.4. The van der Waals surface area contributed by atoms with Gasteiger partial charge in [0.2, 0.25) is 0 Å².